The smallest absolute Gasteiger partial charge is 0.302 e. The van der Waals surface area contributed by atoms with Crippen molar-refractivity contribution in [2.24, 2.45) is 0 Å². The maximum Gasteiger partial charge on any atom is 0.302 e. The molecule has 0 aliphatic carbocycles. The number of nitrogens with one attached hydrogen (secondary N) is 1. The molecule has 0 aromatic rings. The zero-order valence-corrected chi connectivity index (χ0v) is 13.5. The number of aliphatic hydroxyl groups excluding tert-OH is 1. The van der Waals surface area contributed by atoms with Gasteiger partial charge in [-0.25, -0.2) is 0 Å². The summed E-state index contributed by atoms with van der Waals surface area (Å²) < 4.78 is 17.0. The first-order chi connectivity index (χ1) is 9.94. The van der Waals surface area contributed by atoms with Gasteiger partial charge in [-0.3, -0.25) is 10.1 Å². The number of esters is 1. The molecule has 27 heavy (non-hydrogen) atoms. The molecule has 1 aliphatic rings. The van der Waals surface area contributed by atoms with E-state index in [1.807, 2.05) is 7.05 Å². The van der Waals surface area contributed by atoms with Gasteiger partial charge < -0.3 is 19.3 Å². The van der Waals surface area contributed by atoms with Crippen LogP contribution in [-0.4, -0.2) is 49.0 Å². The molecule has 6 nitrogen and oxygen atoms in total. The first kappa shape index (κ1) is 40.9. The quantitative estimate of drug-likeness (QED) is 0.534. The largest absolute Gasteiger partial charge is 0.462 e. The Kier molecular flexibility index (Phi) is 32.7. The third-order valence-corrected chi connectivity index (χ3v) is 3.45. The topological polar surface area (TPSA) is 77.0 Å². The lowest BCUT2D eigenvalue weighted by Crippen LogP contribution is -2.45. The van der Waals surface area contributed by atoms with Gasteiger partial charge in [0.1, 0.15) is 12.3 Å². The summed E-state index contributed by atoms with van der Waals surface area (Å²) in [4.78, 5) is 11.2. The number of hydrogen-bond acceptors (Lipinski definition) is 6. The van der Waals surface area contributed by atoms with Crippen LogP contribution in [0, 0.1) is 0 Å². The Balaban J connectivity index is -0.000000184. The van der Waals surface area contributed by atoms with Crippen molar-refractivity contribution in [1.29, 1.82) is 0 Å². The molecule has 0 amide bonds. The van der Waals surface area contributed by atoms with Crippen molar-refractivity contribution >= 4 is 5.97 Å². The lowest BCUT2D eigenvalue weighted by molar-refractivity contribution is -0.255. The Morgan fingerprint density at radius 2 is 1.74 bits per heavy atom. The van der Waals surface area contributed by atoms with Gasteiger partial charge >= 0.3 is 5.97 Å². The summed E-state index contributed by atoms with van der Waals surface area (Å²) in [6, 6.07) is 0. The van der Waals surface area contributed by atoms with Crippen molar-refractivity contribution in [3.8, 4) is 0 Å². The van der Waals surface area contributed by atoms with Crippen LogP contribution in [0.5, 0.6) is 0 Å². The Morgan fingerprint density at radius 3 is 2.15 bits per heavy atom. The van der Waals surface area contributed by atoms with Gasteiger partial charge in [0.25, 0.3) is 0 Å². The van der Waals surface area contributed by atoms with Gasteiger partial charge in [0.15, 0.2) is 6.29 Å². The zero-order valence-electron chi connectivity index (χ0n) is 13.5. The Bertz CT molecular complexity index is 313. The van der Waals surface area contributed by atoms with E-state index < -0.39 is 6.10 Å². The molecule has 6 heteroatoms. The molecular weight excluding hydrogens is 346 g/mol. The molecule has 5 unspecified atom stereocenters. The molecule has 1 fully saturated rings. The summed E-state index contributed by atoms with van der Waals surface area (Å²) in [6.45, 7) is 5.16. The third kappa shape index (κ3) is 17.2. The van der Waals surface area contributed by atoms with Crippen molar-refractivity contribution < 1.29 is 24.1 Å². The Hall–Kier alpha value is -0.690. The minimum Gasteiger partial charge on any atom is -0.462 e. The fraction of sp³-hybridized carbons (Fsp3) is 0.952. The summed E-state index contributed by atoms with van der Waals surface area (Å²) in [5.41, 5.74) is 0. The van der Waals surface area contributed by atoms with Crippen LogP contribution in [0.4, 0.5) is 0 Å². The van der Waals surface area contributed by atoms with Crippen LogP contribution in [-0.2, 0) is 19.0 Å². The van der Waals surface area contributed by atoms with Crippen LogP contribution in [0.15, 0.2) is 0 Å². The summed E-state index contributed by atoms with van der Waals surface area (Å²) in [6.07, 6.45) is 2.35. The van der Waals surface area contributed by atoms with Crippen LogP contribution in [0.2, 0.25) is 0 Å². The molecule has 0 bridgehead atoms. The highest BCUT2D eigenvalue weighted by molar-refractivity contribution is 5.66. The van der Waals surface area contributed by atoms with E-state index in [1.165, 1.54) is 6.92 Å². The van der Waals surface area contributed by atoms with Gasteiger partial charge in [0, 0.05) is 26.2 Å². The van der Waals surface area contributed by atoms with E-state index in [-0.39, 0.29) is 75.3 Å². The average molecular weight is 400 g/mol. The van der Waals surface area contributed by atoms with Gasteiger partial charge in [-0.2, -0.15) is 0 Å². The molecule has 0 aromatic carbocycles. The van der Waals surface area contributed by atoms with Crippen LogP contribution in [0.25, 0.3) is 0 Å². The number of carbonyl (C=O) groups is 1. The molecule has 0 spiro atoms. The Morgan fingerprint density at radius 1 is 1.19 bits per heavy atom. The van der Waals surface area contributed by atoms with Crippen molar-refractivity contribution in [3.05, 3.63) is 0 Å². The minimum atomic E-state index is -0.513. The van der Waals surface area contributed by atoms with Crippen LogP contribution in [0.1, 0.15) is 97.4 Å². The van der Waals surface area contributed by atoms with E-state index in [0.29, 0.717) is 19.3 Å². The molecule has 0 radical (unpaired) electrons. The maximum absolute atomic E-state index is 11.2. The normalized spacial score (nSPS) is 22.5. The molecule has 172 valence electrons. The van der Waals surface area contributed by atoms with E-state index in [9.17, 15) is 9.90 Å². The van der Waals surface area contributed by atoms with E-state index in [1.54, 1.807) is 6.92 Å². The lowest BCUT2D eigenvalue weighted by atomic mass is 10.0. The van der Waals surface area contributed by atoms with E-state index in [4.69, 9.17) is 14.2 Å². The molecule has 1 rings (SSSR count). The number of hydrogen-bond donors (Lipinski definition) is 2. The summed E-state index contributed by atoms with van der Waals surface area (Å²) in [5.74, 6) is -0.331. The fourth-order valence-corrected chi connectivity index (χ4v) is 2.59. The van der Waals surface area contributed by atoms with Crippen molar-refractivity contribution in [3.63, 3.8) is 0 Å². The van der Waals surface area contributed by atoms with Gasteiger partial charge in [0.05, 0.1) is 12.2 Å². The average Bonchev–Trinajstić information content (AvgIpc) is 2.37. The van der Waals surface area contributed by atoms with Gasteiger partial charge in [0.2, 0.25) is 0 Å². The van der Waals surface area contributed by atoms with Crippen molar-refractivity contribution in [1.82, 2.24) is 5.32 Å². The summed E-state index contributed by atoms with van der Waals surface area (Å²) >= 11 is 0. The number of ether oxygens (including phenoxy) is 3. The third-order valence-electron chi connectivity index (χ3n) is 3.45. The molecule has 1 aliphatic heterocycles. The minimum absolute atomic E-state index is 0. The van der Waals surface area contributed by atoms with Gasteiger partial charge in [-0.05, 0) is 20.4 Å². The van der Waals surface area contributed by atoms with E-state index in [0.717, 1.165) is 12.8 Å². The lowest BCUT2D eigenvalue weighted by Gasteiger charge is -2.37. The SMILES string of the molecule is C.C.C.C.C.C.CCCC1OC(CC(CC(C)O)OC(C)=O)CC(NC)O1. The maximum atomic E-state index is 11.2. The molecule has 0 saturated carbocycles. The first-order valence-corrected chi connectivity index (χ1v) is 7.78. The van der Waals surface area contributed by atoms with Crippen LogP contribution >= 0.6 is 0 Å². The summed E-state index contributed by atoms with van der Waals surface area (Å²) in [7, 11) is 1.86. The van der Waals surface area contributed by atoms with E-state index >= 15 is 0 Å². The number of rotatable bonds is 8. The fourth-order valence-electron chi connectivity index (χ4n) is 2.59. The molecule has 0 aromatic heterocycles. The predicted octanol–water partition coefficient (Wildman–Crippen LogP) is 5.37. The zero-order chi connectivity index (χ0) is 15.8. The van der Waals surface area contributed by atoms with E-state index in [2.05, 4.69) is 12.2 Å². The second kappa shape index (κ2) is 21.6. The Labute approximate surface area is 171 Å². The number of carbonyl (C=O) groups excluding carboxylic acids is 1. The first-order valence-electron chi connectivity index (χ1n) is 7.78. The highest BCUT2D eigenvalue weighted by Crippen LogP contribution is 2.25. The molecular formula is C21H53NO5. The highest BCUT2D eigenvalue weighted by atomic mass is 16.7. The standard InChI is InChI=1S/C15H29NO5.6CH4/c1-5-6-15-20-13(9-14(16-4)21-15)8-12(7-10(2)17)19-11(3)18;;;;;;/h10,12-17H,5-9H2,1-4H3;6*1H4. The second-order valence-electron chi connectivity index (χ2n) is 5.68. The number of aliphatic hydroxyl groups is 1. The van der Waals surface area contributed by atoms with Crippen molar-refractivity contribution in [2.75, 3.05) is 7.05 Å². The van der Waals surface area contributed by atoms with Crippen molar-refractivity contribution in [2.45, 2.75) is 128 Å². The molecule has 1 heterocycles. The predicted molar refractivity (Wildman–Crippen MR) is 119 cm³/mol. The van der Waals surface area contributed by atoms with Gasteiger partial charge in [-0.15, -0.1) is 0 Å². The highest BCUT2D eigenvalue weighted by Gasteiger charge is 2.31. The molecule has 2 N–H and O–H groups in total. The van der Waals surface area contributed by atoms with Crippen LogP contribution < -0.4 is 5.32 Å². The van der Waals surface area contributed by atoms with Crippen LogP contribution in [0.3, 0.4) is 0 Å². The summed E-state index contributed by atoms with van der Waals surface area (Å²) in [5, 5.41) is 12.6. The molecule has 1 saturated heterocycles. The monoisotopic (exact) mass is 399 g/mol. The van der Waals surface area contributed by atoms with Gasteiger partial charge in [-0.1, -0.05) is 57.9 Å². The molecule has 5 atom stereocenters. The second-order valence-corrected chi connectivity index (χ2v) is 5.68.